The molecule has 0 aliphatic rings. The smallest absolute Gasteiger partial charge is 0.166 e. The minimum absolute atomic E-state index is 0.124. The Morgan fingerprint density at radius 3 is 2.71 bits per heavy atom. The average Bonchev–Trinajstić information content (AvgIpc) is 2.81. The molecule has 0 N–H and O–H groups in total. The van der Waals surface area contributed by atoms with Crippen LogP contribution in [-0.4, -0.2) is 25.1 Å². The van der Waals surface area contributed by atoms with E-state index in [9.17, 15) is 4.79 Å². The van der Waals surface area contributed by atoms with Gasteiger partial charge >= 0.3 is 0 Å². The molecule has 17 heavy (non-hydrogen) atoms. The first-order chi connectivity index (χ1) is 8.08. The highest BCUT2D eigenvalue weighted by Crippen LogP contribution is 2.10. The van der Waals surface area contributed by atoms with Gasteiger partial charge in [-0.05, 0) is 6.92 Å². The molecule has 2 heterocycles. The van der Waals surface area contributed by atoms with Crippen LogP contribution in [0.3, 0.4) is 0 Å². The Morgan fingerprint density at radius 1 is 1.41 bits per heavy atom. The van der Waals surface area contributed by atoms with Gasteiger partial charge in [0.05, 0.1) is 11.3 Å². The number of hydrogen-bond donors (Lipinski definition) is 0. The Hall–Kier alpha value is -1.91. The number of aromatic nitrogens is 4. The van der Waals surface area contributed by atoms with Crippen LogP contribution in [-0.2, 0) is 20.5 Å². The van der Waals surface area contributed by atoms with Gasteiger partial charge in [-0.15, -0.1) is 0 Å². The van der Waals surface area contributed by atoms with Crippen molar-refractivity contribution in [1.82, 2.24) is 19.3 Å². The van der Waals surface area contributed by atoms with Crippen LogP contribution in [0.1, 0.15) is 28.3 Å². The lowest BCUT2D eigenvalue weighted by molar-refractivity contribution is 0.0981. The molecule has 0 aromatic carbocycles. The van der Waals surface area contributed by atoms with Gasteiger partial charge < -0.3 is 4.57 Å². The Balaban J connectivity index is 2.03. The number of ketones is 1. The number of nitrogens with zero attached hydrogens (tertiary/aromatic N) is 4. The van der Waals surface area contributed by atoms with Crippen LogP contribution in [0.25, 0.3) is 0 Å². The van der Waals surface area contributed by atoms with E-state index in [0.717, 1.165) is 11.5 Å². The molecule has 2 aromatic heterocycles. The highest BCUT2D eigenvalue weighted by molar-refractivity contribution is 5.96. The van der Waals surface area contributed by atoms with Crippen molar-refractivity contribution >= 4 is 5.78 Å². The fourth-order valence-electron chi connectivity index (χ4n) is 1.87. The van der Waals surface area contributed by atoms with Crippen molar-refractivity contribution in [2.75, 3.05) is 0 Å². The fraction of sp³-hybridized carbons (Fsp3) is 0.417. The van der Waals surface area contributed by atoms with Crippen molar-refractivity contribution in [1.29, 1.82) is 0 Å². The fourth-order valence-corrected chi connectivity index (χ4v) is 1.87. The lowest BCUT2D eigenvalue weighted by Gasteiger charge is -2.00. The summed E-state index contributed by atoms with van der Waals surface area (Å²) in [6.45, 7) is 1.86. The Kier molecular flexibility index (Phi) is 3.08. The minimum atomic E-state index is 0.124. The zero-order valence-corrected chi connectivity index (χ0v) is 10.3. The molecule has 0 atom stereocenters. The Labute approximate surface area is 100 Å². The Morgan fingerprint density at radius 2 is 2.18 bits per heavy atom. The van der Waals surface area contributed by atoms with Crippen LogP contribution >= 0.6 is 0 Å². The molecule has 0 saturated carbocycles. The summed E-state index contributed by atoms with van der Waals surface area (Å²) in [5, 5.41) is 4.17. The lowest BCUT2D eigenvalue weighted by atomic mass is 10.1. The highest BCUT2D eigenvalue weighted by atomic mass is 16.1. The normalized spacial score (nSPS) is 10.8. The van der Waals surface area contributed by atoms with Crippen LogP contribution in [0.4, 0.5) is 0 Å². The molecule has 0 aliphatic heterocycles. The largest absolute Gasteiger partial charge is 0.338 e. The lowest BCUT2D eigenvalue weighted by Crippen LogP contribution is -2.05. The second-order valence-electron chi connectivity index (χ2n) is 4.18. The quantitative estimate of drug-likeness (QED) is 0.746. The van der Waals surface area contributed by atoms with Crippen molar-refractivity contribution < 1.29 is 4.79 Å². The molecule has 0 amide bonds. The molecule has 2 rings (SSSR count). The van der Waals surface area contributed by atoms with Gasteiger partial charge in [-0.25, -0.2) is 4.98 Å². The van der Waals surface area contributed by atoms with Crippen LogP contribution < -0.4 is 0 Å². The SMILES string of the molecule is Cc1nn(C)cc1C(=O)CCc1nccn1C. The van der Waals surface area contributed by atoms with Crippen LogP contribution in [0.5, 0.6) is 0 Å². The molecule has 0 bridgehead atoms. The second kappa shape index (κ2) is 4.53. The molecule has 5 nitrogen and oxygen atoms in total. The number of hydrogen-bond acceptors (Lipinski definition) is 3. The first-order valence-electron chi connectivity index (χ1n) is 5.57. The molecule has 0 radical (unpaired) electrons. The van der Waals surface area contributed by atoms with Crippen LogP contribution in [0.2, 0.25) is 0 Å². The van der Waals surface area contributed by atoms with Crippen molar-refractivity contribution in [2.45, 2.75) is 19.8 Å². The van der Waals surface area contributed by atoms with Gasteiger partial charge in [0.1, 0.15) is 5.82 Å². The van der Waals surface area contributed by atoms with Gasteiger partial charge in [0.25, 0.3) is 0 Å². The predicted octanol–water partition coefficient (Wildman–Crippen LogP) is 1.28. The highest BCUT2D eigenvalue weighted by Gasteiger charge is 2.13. The topological polar surface area (TPSA) is 52.7 Å². The number of rotatable bonds is 4. The van der Waals surface area contributed by atoms with Crippen molar-refractivity contribution in [3.8, 4) is 0 Å². The zero-order valence-electron chi connectivity index (χ0n) is 10.3. The number of imidazole rings is 1. The van der Waals surface area contributed by atoms with Gasteiger partial charge in [0.2, 0.25) is 0 Å². The number of carbonyl (C=O) groups is 1. The predicted molar refractivity (Wildman–Crippen MR) is 63.8 cm³/mol. The summed E-state index contributed by atoms with van der Waals surface area (Å²) in [5.41, 5.74) is 1.50. The maximum atomic E-state index is 12.0. The maximum Gasteiger partial charge on any atom is 0.166 e. The number of Topliss-reactive ketones (excluding diaryl/α,β-unsaturated/α-hetero) is 1. The van der Waals surface area contributed by atoms with E-state index in [2.05, 4.69) is 10.1 Å². The number of aryl methyl sites for hydroxylation is 4. The summed E-state index contributed by atoms with van der Waals surface area (Å²) in [4.78, 5) is 16.2. The molecule has 0 fully saturated rings. The molecule has 0 aliphatic carbocycles. The summed E-state index contributed by atoms with van der Waals surface area (Å²) in [7, 11) is 3.75. The Bertz CT molecular complexity index is 538. The van der Waals surface area contributed by atoms with Crippen LogP contribution in [0.15, 0.2) is 18.6 Å². The molecule has 0 saturated heterocycles. The van der Waals surface area contributed by atoms with Gasteiger partial charge in [-0.3, -0.25) is 9.48 Å². The first-order valence-corrected chi connectivity index (χ1v) is 5.57. The summed E-state index contributed by atoms with van der Waals surface area (Å²) < 4.78 is 3.60. The van der Waals surface area contributed by atoms with Crippen molar-refractivity contribution in [2.24, 2.45) is 14.1 Å². The molecule has 2 aromatic rings. The molecular weight excluding hydrogens is 216 g/mol. The van der Waals surface area contributed by atoms with Crippen LogP contribution in [0, 0.1) is 6.92 Å². The molecular formula is C12H16N4O. The van der Waals surface area contributed by atoms with Gasteiger partial charge in [-0.2, -0.15) is 5.10 Å². The average molecular weight is 232 g/mol. The second-order valence-corrected chi connectivity index (χ2v) is 4.18. The van der Waals surface area contributed by atoms with E-state index >= 15 is 0 Å². The van der Waals surface area contributed by atoms with E-state index in [1.807, 2.05) is 31.8 Å². The zero-order chi connectivity index (χ0) is 12.4. The third-order valence-electron chi connectivity index (χ3n) is 2.81. The third-order valence-corrected chi connectivity index (χ3v) is 2.81. The van der Waals surface area contributed by atoms with Gasteiger partial charge in [-0.1, -0.05) is 0 Å². The van der Waals surface area contributed by atoms with E-state index in [0.29, 0.717) is 18.4 Å². The molecule has 90 valence electrons. The van der Waals surface area contributed by atoms with Crippen molar-refractivity contribution in [3.63, 3.8) is 0 Å². The van der Waals surface area contributed by atoms with E-state index in [1.54, 1.807) is 17.1 Å². The van der Waals surface area contributed by atoms with E-state index in [1.165, 1.54) is 0 Å². The molecule has 5 heteroatoms. The van der Waals surface area contributed by atoms with Gasteiger partial charge in [0.15, 0.2) is 5.78 Å². The molecule has 0 unspecified atom stereocenters. The van der Waals surface area contributed by atoms with E-state index < -0.39 is 0 Å². The maximum absolute atomic E-state index is 12.0. The molecule has 0 spiro atoms. The summed E-state index contributed by atoms with van der Waals surface area (Å²) in [5.74, 6) is 1.05. The van der Waals surface area contributed by atoms with E-state index in [4.69, 9.17) is 0 Å². The first kappa shape index (κ1) is 11.6. The third kappa shape index (κ3) is 2.43. The monoisotopic (exact) mass is 232 g/mol. The van der Waals surface area contributed by atoms with Gasteiger partial charge in [0, 0.05) is 45.5 Å². The van der Waals surface area contributed by atoms with E-state index in [-0.39, 0.29) is 5.78 Å². The summed E-state index contributed by atoms with van der Waals surface area (Å²) in [6, 6.07) is 0. The van der Waals surface area contributed by atoms with Crippen molar-refractivity contribution in [3.05, 3.63) is 35.7 Å². The minimum Gasteiger partial charge on any atom is -0.338 e. The summed E-state index contributed by atoms with van der Waals surface area (Å²) in [6.07, 6.45) is 6.54. The standard InChI is InChI=1S/C12H16N4O/c1-9-10(8-16(3)14-9)11(17)4-5-12-13-6-7-15(12)2/h6-8H,4-5H2,1-3H3. The summed E-state index contributed by atoms with van der Waals surface area (Å²) >= 11 is 0. The number of carbonyl (C=O) groups excluding carboxylic acids is 1.